The fourth-order valence-electron chi connectivity index (χ4n) is 4.11. The number of hydrogen-bond donors (Lipinski definition) is 1. The summed E-state index contributed by atoms with van der Waals surface area (Å²) in [7, 11) is 0. The van der Waals surface area contributed by atoms with Gasteiger partial charge in [-0.1, -0.05) is 41.0 Å². The zero-order valence-corrected chi connectivity index (χ0v) is 17.9. The molecule has 1 aromatic carbocycles. The Morgan fingerprint density at radius 3 is 2.79 bits per heavy atom. The molecule has 29 heavy (non-hydrogen) atoms. The number of fused-ring (bicyclic) bond motifs is 1. The van der Waals surface area contributed by atoms with Gasteiger partial charge in [0.2, 0.25) is 5.95 Å². The van der Waals surface area contributed by atoms with Crippen LogP contribution in [-0.2, 0) is 4.74 Å². The molecule has 7 nitrogen and oxygen atoms in total. The van der Waals surface area contributed by atoms with E-state index in [1.54, 1.807) is 12.4 Å². The molecule has 2 aliphatic rings. The van der Waals surface area contributed by atoms with E-state index < -0.39 is 0 Å². The molecule has 10 heteroatoms. The molecule has 3 aromatic rings. The largest absolute Gasteiger partial charge is 0.379 e. The van der Waals surface area contributed by atoms with Crippen molar-refractivity contribution in [1.29, 1.82) is 0 Å². The van der Waals surface area contributed by atoms with Crippen LogP contribution in [0.5, 0.6) is 0 Å². The smallest absolute Gasteiger partial charge is 0.212 e. The van der Waals surface area contributed by atoms with Crippen LogP contribution < -0.4 is 10.6 Å². The fourth-order valence-corrected chi connectivity index (χ4v) is 5.50. The van der Waals surface area contributed by atoms with Gasteiger partial charge in [-0.2, -0.15) is 0 Å². The van der Waals surface area contributed by atoms with Crippen LogP contribution in [0.3, 0.4) is 0 Å². The average molecular weight is 451 g/mol. The van der Waals surface area contributed by atoms with Crippen molar-refractivity contribution in [1.82, 2.24) is 19.6 Å². The number of hydrogen-bond acceptors (Lipinski definition) is 7. The predicted molar refractivity (Wildman–Crippen MR) is 114 cm³/mol. The minimum atomic E-state index is 0.0991. The van der Waals surface area contributed by atoms with Gasteiger partial charge in [0.05, 0.1) is 28.2 Å². The maximum atomic E-state index is 6.35. The van der Waals surface area contributed by atoms with Gasteiger partial charge in [-0.3, -0.25) is 0 Å². The van der Waals surface area contributed by atoms with E-state index in [2.05, 4.69) is 15.1 Å². The summed E-state index contributed by atoms with van der Waals surface area (Å²) in [6, 6.07) is 5.69. The molecule has 152 valence electrons. The maximum Gasteiger partial charge on any atom is 0.212 e. The van der Waals surface area contributed by atoms with Crippen molar-refractivity contribution >= 4 is 46.6 Å². The molecule has 2 aliphatic heterocycles. The fraction of sp³-hybridized carbons (Fsp3) is 0.421. The van der Waals surface area contributed by atoms with E-state index in [0.717, 1.165) is 53.9 Å². The van der Waals surface area contributed by atoms with E-state index in [-0.39, 0.29) is 11.5 Å². The molecule has 0 aliphatic carbocycles. The number of benzene rings is 1. The number of halogens is 2. The Hall–Kier alpha value is -1.58. The van der Waals surface area contributed by atoms with Crippen molar-refractivity contribution in [3.63, 3.8) is 0 Å². The second-order valence-corrected chi connectivity index (χ2v) is 9.44. The van der Waals surface area contributed by atoms with Gasteiger partial charge >= 0.3 is 0 Å². The normalized spacial score (nSPS) is 21.3. The highest BCUT2D eigenvalue weighted by Crippen LogP contribution is 2.41. The van der Waals surface area contributed by atoms with Crippen molar-refractivity contribution in [3.05, 3.63) is 40.8 Å². The highest BCUT2D eigenvalue weighted by molar-refractivity contribution is 7.99. The minimum Gasteiger partial charge on any atom is -0.379 e. The van der Waals surface area contributed by atoms with Crippen LogP contribution in [0, 0.1) is 5.41 Å². The van der Waals surface area contributed by atoms with Crippen LogP contribution in [0.4, 0.5) is 5.95 Å². The molecule has 2 fully saturated rings. The van der Waals surface area contributed by atoms with Gasteiger partial charge < -0.3 is 15.4 Å². The third-order valence-electron chi connectivity index (χ3n) is 5.93. The van der Waals surface area contributed by atoms with Gasteiger partial charge in [0.15, 0.2) is 5.65 Å². The molecule has 0 radical (unpaired) electrons. The number of nitrogens with zero attached hydrogens (tertiary/aromatic N) is 5. The zero-order chi connectivity index (χ0) is 20.0. The molecule has 0 saturated carbocycles. The van der Waals surface area contributed by atoms with E-state index in [9.17, 15) is 0 Å². The van der Waals surface area contributed by atoms with Gasteiger partial charge in [-0.15, -0.1) is 10.2 Å². The summed E-state index contributed by atoms with van der Waals surface area (Å²) in [4.78, 5) is 8.73. The minimum absolute atomic E-state index is 0.0991. The Bertz CT molecular complexity index is 1050. The van der Waals surface area contributed by atoms with Crippen LogP contribution in [0.15, 0.2) is 40.5 Å². The monoisotopic (exact) mass is 450 g/mol. The highest BCUT2D eigenvalue weighted by atomic mass is 35.5. The molecule has 2 aromatic heterocycles. The molecule has 4 heterocycles. The summed E-state index contributed by atoms with van der Waals surface area (Å²) in [6.07, 6.45) is 5.52. The van der Waals surface area contributed by atoms with E-state index in [1.807, 2.05) is 22.7 Å². The second-order valence-electron chi connectivity index (χ2n) is 7.57. The first kappa shape index (κ1) is 19.4. The first-order valence-electron chi connectivity index (χ1n) is 9.46. The Balaban J connectivity index is 1.42. The van der Waals surface area contributed by atoms with Crippen LogP contribution in [0.25, 0.3) is 5.65 Å². The predicted octanol–water partition coefficient (Wildman–Crippen LogP) is 3.53. The lowest BCUT2D eigenvalue weighted by molar-refractivity contribution is 0.131. The lowest BCUT2D eigenvalue weighted by atomic mass is 9.75. The Kier molecular flexibility index (Phi) is 5.08. The van der Waals surface area contributed by atoms with Crippen LogP contribution >= 0.6 is 35.0 Å². The van der Waals surface area contributed by atoms with Gasteiger partial charge in [0.1, 0.15) is 6.33 Å². The van der Waals surface area contributed by atoms with E-state index >= 15 is 0 Å². The lowest BCUT2D eigenvalue weighted by Crippen LogP contribution is -2.49. The molecule has 1 unspecified atom stereocenters. The first-order chi connectivity index (χ1) is 14.1. The summed E-state index contributed by atoms with van der Waals surface area (Å²) >= 11 is 14.0. The third-order valence-corrected chi connectivity index (χ3v) is 7.93. The number of piperidine rings is 1. The zero-order valence-electron chi connectivity index (χ0n) is 15.6. The standard InChI is InChI=1S/C19H20Cl2N6OS/c20-12-2-1-3-13(16(12)21)29-14-8-23-18(27-11-24-25-17(14)27)26-6-4-19(5-7-26)10-28-9-15(19)22/h1-3,8,11,15H,4-7,9-10,22H2. The topological polar surface area (TPSA) is 81.6 Å². The van der Waals surface area contributed by atoms with Gasteiger partial charge in [0, 0.05) is 35.6 Å². The van der Waals surface area contributed by atoms with E-state index in [1.165, 1.54) is 11.8 Å². The van der Waals surface area contributed by atoms with Gasteiger partial charge in [-0.25, -0.2) is 9.38 Å². The number of aromatic nitrogens is 4. The lowest BCUT2D eigenvalue weighted by Gasteiger charge is -2.41. The van der Waals surface area contributed by atoms with Crippen molar-refractivity contribution in [2.45, 2.75) is 28.7 Å². The first-order valence-corrected chi connectivity index (χ1v) is 11.0. The molecule has 1 spiro atoms. The molecule has 5 rings (SSSR count). The highest BCUT2D eigenvalue weighted by Gasteiger charge is 2.44. The quantitative estimate of drug-likeness (QED) is 0.653. The van der Waals surface area contributed by atoms with Gasteiger partial charge in [-0.05, 0) is 25.0 Å². The number of nitrogens with two attached hydrogens (primary N) is 1. The molecular formula is C19H20Cl2N6OS. The second kappa shape index (κ2) is 7.59. The van der Waals surface area contributed by atoms with E-state index in [4.69, 9.17) is 38.7 Å². The van der Waals surface area contributed by atoms with Crippen LogP contribution in [0.1, 0.15) is 12.8 Å². The number of rotatable bonds is 3. The summed E-state index contributed by atoms with van der Waals surface area (Å²) in [5.74, 6) is 0.842. The van der Waals surface area contributed by atoms with Crippen molar-refractivity contribution in [2.75, 3.05) is 31.2 Å². The summed E-state index contributed by atoms with van der Waals surface area (Å²) in [5, 5.41) is 9.48. The Labute approximate surface area is 182 Å². The van der Waals surface area contributed by atoms with Crippen LogP contribution in [0.2, 0.25) is 10.0 Å². The molecule has 2 N–H and O–H groups in total. The molecular weight excluding hydrogens is 431 g/mol. The van der Waals surface area contributed by atoms with Gasteiger partial charge in [0.25, 0.3) is 0 Å². The molecule has 0 bridgehead atoms. The van der Waals surface area contributed by atoms with Crippen molar-refractivity contribution in [2.24, 2.45) is 11.1 Å². The SMILES string of the molecule is NC1COCC12CCN(c1ncc(Sc3cccc(Cl)c3Cl)c3nncn13)CC2. The summed E-state index contributed by atoms with van der Waals surface area (Å²) in [5.41, 5.74) is 7.16. The Morgan fingerprint density at radius 1 is 1.21 bits per heavy atom. The number of anilines is 1. The summed E-state index contributed by atoms with van der Waals surface area (Å²) < 4.78 is 7.57. The van der Waals surface area contributed by atoms with Crippen molar-refractivity contribution in [3.8, 4) is 0 Å². The van der Waals surface area contributed by atoms with E-state index in [0.29, 0.717) is 16.7 Å². The average Bonchev–Trinajstić information content (AvgIpc) is 3.35. The maximum absolute atomic E-state index is 6.35. The summed E-state index contributed by atoms with van der Waals surface area (Å²) in [6.45, 7) is 3.17. The Morgan fingerprint density at radius 2 is 2.03 bits per heavy atom. The molecule has 2 saturated heterocycles. The number of ether oxygens (including phenoxy) is 1. The third kappa shape index (κ3) is 3.37. The van der Waals surface area contributed by atoms with Crippen LogP contribution in [-0.4, -0.2) is 51.9 Å². The molecule has 0 amide bonds. The molecule has 1 atom stereocenters. The van der Waals surface area contributed by atoms with Crippen molar-refractivity contribution < 1.29 is 4.74 Å².